The largest absolute Gasteiger partial charge is 0.480 e. The van der Waals surface area contributed by atoms with Crippen LogP contribution in [0.1, 0.15) is 94.9 Å². The molecule has 4 aliphatic rings. The molecule has 0 radical (unpaired) electrons. The van der Waals surface area contributed by atoms with Crippen molar-refractivity contribution in [2.45, 2.75) is 132 Å². The Balaban J connectivity index is -0.000000526. The van der Waals surface area contributed by atoms with Crippen LogP contribution in [0.3, 0.4) is 0 Å². The highest BCUT2D eigenvalue weighted by Crippen LogP contribution is 2.15. The molecule has 0 aromatic carbocycles. The van der Waals surface area contributed by atoms with E-state index in [4.69, 9.17) is 58.4 Å². The number of hydrogen-bond acceptors (Lipinski definition) is 16. The van der Waals surface area contributed by atoms with E-state index in [0.29, 0.717) is 25.7 Å². The molecule has 0 aromatic rings. The number of aliphatic carboxylic acids is 1. The SMILES string of the molecule is CC(C)CO.CCC(C)C.CCC1OCC(=O)O1.CC[C@@H]1OCC(=O)O1.CC[C@@H]1OCC(OC(C)=O)O1.C[C@H]1CO[C@@H](CO)O1.O=C(O)CO. The zero-order chi connectivity index (χ0) is 39.1. The third kappa shape index (κ3) is 34.0. The summed E-state index contributed by atoms with van der Waals surface area (Å²) in [5.41, 5.74) is 0. The van der Waals surface area contributed by atoms with Crippen LogP contribution >= 0.6 is 0 Å². The van der Waals surface area contributed by atoms with E-state index in [9.17, 15) is 14.4 Å². The second kappa shape index (κ2) is 33.7. The lowest BCUT2D eigenvalue weighted by Gasteiger charge is -2.08. The fourth-order valence-electron chi connectivity index (χ4n) is 2.72. The summed E-state index contributed by atoms with van der Waals surface area (Å²) < 4.78 is 44.0. The standard InChI is InChI=1S/C7H12O4.C5H10O3.2C5H8O3.C5H12.C4H10O.C2H4O3/c1-3-6-9-4-7(11-6)10-5(2)8;1-4-3-7-5(2-6)8-4;2*1-2-5-7-3-4(6)8-5;1-4-5(2)3;1-4(2)3-5;3-1-2(4)5/h6-7H,3-4H2,1-2H3;4-6H,2-3H2,1H3;2*5H,2-3H2,1H3;5H,4H2,1-3H3;4-5H,3H2,1-2H3;3H,1H2,(H,4,5)/t6-,7?;4-,5+;5-;;;;/m101..../s1. The highest BCUT2D eigenvalue weighted by molar-refractivity contribution is 5.72. The molecule has 298 valence electrons. The Morgan fingerprint density at radius 1 is 0.740 bits per heavy atom. The first-order valence-electron chi connectivity index (χ1n) is 16.9. The summed E-state index contributed by atoms with van der Waals surface area (Å²) in [5, 5.41) is 31.6. The average molecular weight is 733 g/mol. The summed E-state index contributed by atoms with van der Waals surface area (Å²) >= 11 is 0. The molecule has 6 atom stereocenters. The topological polar surface area (TPSA) is 232 Å². The van der Waals surface area contributed by atoms with Gasteiger partial charge in [-0.1, -0.05) is 61.8 Å². The third-order valence-corrected chi connectivity index (χ3v) is 5.69. The third-order valence-electron chi connectivity index (χ3n) is 5.69. The second-order valence-electron chi connectivity index (χ2n) is 11.4. The minimum Gasteiger partial charge on any atom is -0.480 e. The first-order valence-corrected chi connectivity index (χ1v) is 16.9. The van der Waals surface area contributed by atoms with E-state index >= 15 is 0 Å². The Hall–Kier alpha value is -2.48. The number of carboxylic acids is 1. The van der Waals surface area contributed by atoms with Gasteiger partial charge in [-0.15, -0.1) is 0 Å². The van der Waals surface area contributed by atoms with Gasteiger partial charge in [0.25, 0.3) is 0 Å². The number of cyclic esters (lactones) is 2. The van der Waals surface area contributed by atoms with Gasteiger partial charge < -0.3 is 63.1 Å². The van der Waals surface area contributed by atoms with Crippen LogP contribution in [0.15, 0.2) is 0 Å². The molecule has 0 amide bonds. The summed E-state index contributed by atoms with van der Waals surface area (Å²) in [6, 6.07) is 0. The van der Waals surface area contributed by atoms with E-state index in [2.05, 4.69) is 30.2 Å². The van der Waals surface area contributed by atoms with E-state index in [1.54, 1.807) is 0 Å². The normalized spacial score (nSPS) is 24.5. The molecule has 4 N–H and O–H groups in total. The minimum atomic E-state index is -1.19. The van der Waals surface area contributed by atoms with Crippen LogP contribution < -0.4 is 0 Å². The second-order valence-corrected chi connectivity index (χ2v) is 11.4. The number of esters is 3. The lowest BCUT2D eigenvalue weighted by molar-refractivity contribution is -0.173. The van der Waals surface area contributed by atoms with Crippen LogP contribution in [0, 0.1) is 11.8 Å². The van der Waals surface area contributed by atoms with Gasteiger partial charge in [0, 0.05) is 26.4 Å². The van der Waals surface area contributed by atoms with Gasteiger partial charge in [-0.3, -0.25) is 4.79 Å². The van der Waals surface area contributed by atoms with Gasteiger partial charge in [0.15, 0.2) is 12.6 Å². The van der Waals surface area contributed by atoms with Crippen molar-refractivity contribution in [1.29, 1.82) is 0 Å². The molecule has 0 saturated carbocycles. The Labute approximate surface area is 296 Å². The maximum atomic E-state index is 10.4. The zero-order valence-electron chi connectivity index (χ0n) is 31.5. The van der Waals surface area contributed by atoms with Gasteiger partial charge in [-0.05, 0) is 25.2 Å². The highest BCUT2D eigenvalue weighted by atomic mass is 16.8. The highest BCUT2D eigenvalue weighted by Gasteiger charge is 2.26. The molecule has 4 saturated heterocycles. The first-order chi connectivity index (χ1) is 23.5. The van der Waals surface area contributed by atoms with Crippen LogP contribution in [-0.2, 0) is 61.8 Å². The van der Waals surface area contributed by atoms with Crippen molar-refractivity contribution in [3.8, 4) is 0 Å². The molecule has 4 fully saturated rings. The quantitative estimate of drug-likeness (QED) is 0.207. The summed E-state index contributed by atoms with van der Waals surface area (Å²) in [4.78, 5) is 40.1. The van der Waals surface area contributed by atoms with Crippen LogP contribution in [0.2, 0.25) is 0 Å². The summed E-state index contributed by atoms with van der Waals surface area (Å²) in [6.45, 7) is 20.3. The van der Waals surface area contributed by atoms with Crippen molar-refractivity contribution < 1.29 is 82.2 Å². The summed E-state index contributed by atoms with van der Waals surface area (Å²) in [7, 11) is 0. The molecule has 4 rings (SSSR count). The number of aliphatic hydroxyl groups is 3. The van der Waals surface area contributed by atoms with Gasteiger partial charge >= 0.3 is 23.9 Å². The molecular formula is C33H64O17. The van der Waals surface area contributed by atoms with E-state index in [0.717, 1.165) is 25.2 Å². The van der Waals surface area contributed by atoms with Gasteiger partial charge in [-0.2, -0.15) is 0 Å². The first kappa shape index (κ1) is 51.9. The molecule has 17 heteroatoms. The molecule has 0 bridgehead atoms. The van der Waals surface area contributed by atoms with Crippen molar-refractivity contribution >= 4 is 23.9 Å². The lowest BCUT2D eigenvalue weighted by atomic mass is 10.2. The van der Waals surface area contributed by atoms with Gasteiger partial charge in [0.1, 0.15) is 26.4 Å². The van der Waals surface area contributed by atoms with Crippen LogP contribution in [0.5, 0.6) is 0 Å². The number of rotatable bonds is 8. The average Bonchev–Trinajstić information content (AvgIpc) is 3.91. The van der Waals surface area contributed by atoms with Crippen molar-refractivity contribution in [3.63, 3.8) is 0 Å². The predicted molar refractivity (Wildman–Crippen MR) is 178 cm³/mol. The number of carbonyl (C=O) groups excluding carboxylic acids is 3. The Kier molecular flexibility index (Phi) is 34.9. The van der Waals surface area contributed by atoms with Gasteiger partial charge in [0.2, 0.25) is 18.9 Å². The monoisotopic (exact) mass is 732 g/mol. The minimum absolute atomic E-state index is 0.0374. The molecule has 0 spiro atoms. The molecule has 2 unspecified atom stereocenters. The number of ether oxygens (including phenoxy) is 9. The lowest BCUT2D eigenvalue weighted by Crippen LogP contribution is -2.18. The van der Waals surface area contributed by atoms with Crippen molar-refractivity contribution in [2.75, 3.05) is 46.2 Å². The predicted octanol–water partition coefficient (Wildman–Crippen LogP) is 2.74. The van der Waals surface area contributed by atoms with Crippen molar-refractivity contribution in [2.24, 2.45) is 11.8 Å². The number of aliphatic hydroxyl groups excluding tert-OH is 3. The summed E-state index contributed by atoms with van der Waals surface area (Å²) in [5.74, 6) is -0.709. The molecular weight excluding hydrogens is 668 g/mol. The Bertz CT molecular complexity index is 820. The fraction of sp³-hybridized carbons (Fsp3) is 0.879. The van der Waals surface area contributed by atoms with Crippen molar-refractivity contribution in [1.82, 2.24) is 0 Å². The number of carbonyl (C=O) groups is 4. The number of hydrogen-bond donors (Lipinski definition) is 4. The smallest absolute Gasteiger partial charge is 0.334 e. The molecule has 4 heterocycles. The van der Waals surface area contributed by atoms with E-state index in [1.807, 2.05) is 41.5 Å². The molecule has 4 aliphatic heterocycles. The number of carboxylic acid groups (broad SMARTS) is 1. The van der Waals surface area contributed by atoms with Crippen molar-refractivity contribution in [3.05, 3.63) is 0 Å². The van der Waals surface area contributed by atoms with Crippen LogP contribution in [-0.4, -0.2) is 128 Å². The zero-order valence-corrected chi connectivity index (χ0v) is 31.5. The van der Waals surface area contributed by atoms with E-state index in [1.165, 1.54) is 13.3 Å². The van der Waals surface area contributed by atoms with E-state index < -0.39 is 18.9 Å². The maximum absolute atomic E-state index is 10.4. The fourth-order valence-corrected chi connectivity index (χ4v) is 2.72. The summed E-state index contributed by atoms with van der Waals surface area (Å²) in [6.07, 6.45) is 2.08. The van der Waals surface area contributed by atoms with E-state index in [-0.39, 0.29) is 69.0 Å². The molecule has 17 nitrogen and oxygen atoms in total. The molecule has 0 aliphatic carbocycles. The van der Waals surface area contributed by atoms with Crippen LogP contribution in [0.4, 0.5) is 0 Å². The Morgan fingerprint density at radius 3 is 1.34 bits per heavy atom. The van der Waals surface area contributed by atoms with Gasteiger partial charge in [0.05, 0.1) is 19.3 Å². The van der Waals surface area contributed by atoms with Gasteiger partial charge in [-0.25, -0.2) is 14.4 Å². The molecule has 0 aromatic heterocycles. The molecule has 50 heavy (non-hydrogen) atoms. The van der Waals surface area contributed by atoms with Crippen LogP contribution in [0.25, 0.3) is 0 Å². The Morgan fingerprint density at radius 2 is 1.16 bits per heavy atom. The maximum Gasteiger partial charge on any atom is 0.334 e.